The minimum atomic E-state index is 0.0503. The maximum Gasteiger partial charge on any atom is 0.154 e. The molecule has 96 valence electrons. The minimum Gasteiger partial charge on any atom is -0.314 e. The second-order valence-corrected chi connectivity index (χ2v) is 4.40. The number of anilines is 2. The molecule has 0 heterocycles. The van der Waals surface area contributed by atoms with Crippen LogP contribution in [0.5, 0.6) is 0 Å². The molecule has 2 heteroatoms. The van der Waals surface area contributed by atoms with E-state index in [9.17, 15) is 4.79 Å². The van der Waals surface area contributed by atoms with Crippen molar-refractivity contribution in [3.63, 3.8) is 0 Å². The van der Waals surface area contributed by atoms with Crippen LogP contribution in [0.1, 0.15) is 13.8 Å². The van der Waals surface area contributed by atoms with Crippen LogP contribution in [0.3, 0.4) is 0 Å². The molecule has 2 aromatic carbocycles. The van der Waals surface area contributed by atoms with Gasteiger partial charge in [-0.2, -0.15) is 0 Å². The first-order valence-corrected chi connectivity index (χ1v) is 6.27. The Balaban J connectivity index is 2.49. The van der Waals surface area contributed by atoms with Crippen LogP contribution >= 0.6 is 0 Å². The summed E-state index contributed by atoms with van der Waals surface area (Å²) < 4.78 is 0. The molecular weight excluding hydrogens is 234 g/mol. The number of carbonyl (C=O) groups excluding carboxylic acids is 1. The number of benzene rings is 2. The van der Waals surface area contributed by atoms with Crippen molar-refractivity contribution in [2.75, 3.05) is 4.90 Å². The smallest absolute Gasteiger partial charge is 0.154 e. The average Bonchev–Trinajstić information content (AvgIpc) is 2.40. The van der Waals surface area contributed by atoms with Crippen LogP contribution in [-0.2, 0) is 4.79 Å². The fourth-order valence-corrected chi connectivity index (χ4v) is 2.07. The van der Waals surface area contributed by atoms with E-state index < -0.39 is 0 Å². The van der Waals surface area contributed by atoms with Crippen molar-refractivity contribution in [3.05, 3.63) is 72.4 Å². The number of nitrogens with zero attached hydrogens (tertiary/aromatic N) is 1. The number of hydrogen-bond acceptors (Lipinski definition) is 2. The summed E-state index contributed by atoms with van der Waals surface area (Å²) in [6.45, 7) is 3.51. The molecule has 0 aliphatic heterocycles. The SMILES string of the molecule is CC(=O)/C=C(\C)N(c1ccccc1)c1ccccc1. The quantitative estimate of drug-likeness (QED) is 0.754. The summed E-state index contributed by atoms with van der Waals surface area (Å²) in [5.41, 5.74) is 3.00. The molecule has 0 aliphatic carbocycles. The molecule has 2 aromatic rings. The molecule has 0 saturated heterocycles. The van der Waals surface area contributed by atoms with Crippen molar-refractivity contribution in [1.29, 1.82) is 0 Å². The van der Waals surface area contributed by atoms with E-state index in [1.165, 1.54) is 0 Å². The Bertz CT molecular complexity index is 533. The highest BCUT2D eigenvalue weighted by Gasteiger charge is 2.10. The van der Waals surface area contributed by atoms with E-state index in [2.05, 4.69) is 4.90 Å². The Hall–Kier alpha value is -2.35. The molecule has 2 rings (SSSR count). The number of rotatable bonds is 4. The fraction of sp³-hybridized carbons (Fsp3) is 0.118. The first-order chi connectivity index (χ1) is 9.18. The fourth-order valence-electron chi connectivity index (χ4n) is 2.07. The van der Waals surface area contributed by atoms with Crippen molar-refractivity contribution in [2.45, 2.75) is 13.8 Å². The maximum atomic E-state index is 11.3. The van der Waals surface area contributed by atoms with Gasteiger partial charge >= 0.3 is 0 Å². The van der Waals surface area contributed by atoms with E-state index in [1.807, 2.05) is 67.6 Å². The molecule has 2 nitrogen and oxygen atoms in total. The van der Waals surface area contributed by atoms with Gasteiger partial charge in [0, 0.05) is 23.1 Å². The predicted molar refractivity (Wildman–Crippen MR) is 79.5 cm³/mol. The Morgan fingerprint density at radius 2 is 1.26 bits per heavy atom. The van der Waals surface area contributed by atoms with Gasteiger partial charge in [-0.3, -0.25) is 4.79 Å². The van der Waals surface area contributed by atoms with Crippen LogP contribution in [-0.4, -0.2) is 5.78 Å². The first kappa shape index (κ1) is 13.1. The number of carbonyl (C=O) groups is 1. The average molecular weight is 251 g/mol. The zero-order chi connectivity index (χ0) is 13.7. The summed E-state index contributed by atoms with van der Waals surface area (Å²) in [6.07, 6.45) is 1.65. The highest BCUT2D eigenvalue weighted by molar-refractivity contribution is 5.89. The highest BCUT2D eigenvalue weighted by Crippen LogP contribution is 2.28. The van der Waals surface area contributed by atoms with Crippen LogP contribution in [0.15, 0.2) is 72.4 Å². The van der Waals surface area contributed by atoms with Crippen molar-refractivity contribution in [2.24, 2.45) is 0 Å². The lowest BCUT2D eigenvalue weighted by Crippen LogP contribution is -2.15. The number of para-hydroxylation sites is 2. The van der Waals surface area contributed by atoms with Crippen LogP contribution < -0.4 is 4.90 Å². The van der Waals surface area contributed by atoms with Gasteiger partial charge in [-0.25, -0.2) is 0 Å². The minimum absolute atomic E-state index is 0.0503. The summed E-state index contributed by atoms with van der Waals surface area (Å²) in [7, 11) is 0. The van der Waals surface area contributed by atoms with E-state index in [-0.39, 0.29) is 5.78 Å². The number of hydrogen-bond donors (Lipinski definition) is 0. The van der Waals surface area contributed by atoms with Gasteiger partial charge in [-0.15, -0.1) is 0 Å². The lowest BCUT2D eigenvalue weighted by Gasteiger charge is -2.25. The maximum absolute atomic E-state index is 11.3. The Morgan fingerprint density at radius 3 is 1.63 bits per heavy atom. The lowest BCUT2D eigenvalue weighted by atomic mass is 10.2. The zero-order valence-corrected chi connectivity index (χ0v) is 11.2. The second kappa shape index (κ2) is 6.01. The van der Waals surface area contributed by atoms with Crippen LogP contribution in [0.4, 0.5) is 11.4 Å². The molecular formula is C17H17NO. The molecule has 19 heavy (non-hydrogen) atoms. The van der Waals surface area contributed by atoms with Crippen LogP contribution in [0.2, 0.25) is 0 Å². The summed E-state index contributed by atoms with van der Waals surface area (Å²) >= 11 is 0. The van der Waals surface area contributed by atoms with Crippen molar-refractivity contribution in [3.8, 4) is 0 Å². The molecule has 0 aromatic heterocycles. The first-order valence-electron chi connectivity index (χ1n) is 6.27. The summed E-state index contributed by atoms with van der Waals surface area (Å²) in [4.78, 5) is 13.4. The molecule has 0 N–H and O–H groups in total. The molecule has 0 amide bonds. The van der Waals surface area contributed by atoms with E-state index in [0.717, 1.165) is 17.1 Å². The zero-order valence-electron chi connectivity index (χ0n) is 11.2. The van der Waals surface area contributed by atoms with Crippen LogP contribution in [0, 0.1) is 0 Å². The third-order valence-electron chi connectivity index (χ3n) is 2.79. The van der Waals surface area contributed by atoms with E-state index in [0.29, 0.717) is 0 Å². The van der Waals surface area contributed by atoms with Gasteiger partial charge in [-0.1, -0.05) is 36.4 Å². The van der Waals surface area contributed by atoms with Gasteiger partial charge in [-0.05, 0) is 38.1 Å². The van der Waals surface area contributed by atoms with E-state index in [1.54, 1.807) is 13.0 Å². The van der Waals surface area contributed by atoms with Gasteiger partial charge < -0.3 is 4.90 Å². The molecule has 0 fully saturated rings. The second-order valence-electron chi connectivity index (χ2n) is 4.40. The van der Waals surface area contributed by atoms with Gasteiger partial charge in [0.05, 0.1) is 0 Å². The largest absolute Gasteiger partial charge is 0.314 e. The molecule has 0 radical (unpaired) electrons. The van der Waals surface area contributed by atoms with Crippen LogP contribution in [0.25, 0.3) is 0 Å². The molecule has 0 bridgehead atoms. The topological polar surface area (TPSA) is 20.3 Å². The molecule has 0 unspecified atom stereocenters. The number of allylic oxidation sites excluding steroid dienone is 2. The van der Waals surface area contributed by atoms with Gasteiger partial charge in [0.1, 0.15) is 0 Å². The lowest BCUT2D eigenvalue weighted by molar-refractivity contribution is -0.112. The van der Waals surface area contributed by atoms with E-state index >= 15 is 0 Å². The van der Waals surface area contributed by atoms with Crippen molar-refractivity contribution >= 4 is 17.2 Å². The summed E-state index contributed by atoms with van der Waals surface area (Å²) in [5, 5.41) is 0. The molecule has 0 spiro atoms. The van der Waals surface area contributed by atoms with Gasteiger partial charge in [0.15, 0.2) is 5.78 Å². The third kappa shape index (κ3) is 3.32. The monoisotopic (exact) mass is 251 g/mol. The normalized spacial score (nSPS) is 11.2. The highest BCUT2D eigenvalue weighted by atomic mass is 16.1. The summed E-state index contributed by atoms with van der Waals surface area (Å²) in [5.74, 6) is 0.0503. The molecule has 0 atom stereocenters. The molecule has 0 saturated carbocycles. The Morgan fingerprint density at radius 1 is 0.842 bits per heavy atom. The Labute approximate surface area is 114 Å². The van der Waals surface area contributed by atoms with Crippen molar-refractivity contribution in [1.82, 2.24) is 0 Å². The van der Waals surface area contributed by atoms with Gasteiger partial charge in [0.2, 0.25) is 0 Å². The standard InChI is InChI=1S/C17H17NO/c1-14(13-15(2)19)18(16-9-5-3-6-10-16)17-11-7-4-8-12-17/h3-13H,1-2H3/b14-13+. The predicted octanol–water partition coefficient (Wildman–Crippen LogP) is 4.32. The third-order valence-corrected chi connectivity index (χ3v) is 2.79. The molecule has 0 aliphatic rings. The number of ketones is 1. The summed E-state index contributed by atoms with van der Waals surface area (Å²) in [6, 6.07) is 20.1. The van der Waals surface area contributed by atoms with E-state index in [4.69, 9.17) is 0 Å². The van der Waals surface area contributed by atoms with Crippen molar-refractivity contribution < 1.29 is 4.79 Å². The van der Waals surface area contributed by atoms with Gasteiger partial charge in [0.25, 0.3) is 0 Å². The Kier molecular flexibility index (Phi) is 4.14.